The molecule has 4 nitrogen and oxygen atoms in total. The highest BCUT2D eigenvalue weighted by atomic mass is 32.2. The SMILES string of the molecule is Nc1ccc(SCc2ccccc2CC(=O)O)nc1. The van der Waals surface area contributed by atoms with Gasteiger partial charge in [0.1, 0.15) is 0 Å². The van der Waals surface area contributed by atoms with E-state index in [1.165, 1.54) is 0 Å². The van der Waals surface area contributed by atoms with Crippen LogP contribution in [0.5, 0.6) is 0 Å². The zero-order valence-electron chi connectivity index (χ0n) is 10.2. The summed E-state index contributed by atoms with van der Waals surface area (Å²) in [4.78, 5) is 15.0. The minimum atomic E-state index is -0.817. The smallest absolute Gasteiger partial charge is 0.307 e. The number of aromatic nitrogens is 1. The van der Waals surface area contributed by atoms with Gasteiger partial charge in [0, 0.05) is 5.75 Å². The summed E-state index contributed by atoms with van der Waals surface area (Å²) in [5, 5.41) is 9.75. The Morgan fingerprint density at radius 1 is 1.21 bits per heavy atom. The molecule has 0 atom stereocenters. The summed E-state index contributed by atoms with van der Waals surface area (Å²) in [6.45, 7) is 0. The molecule has 2 aromatic rings. The molecular formula is C14H14N2O2S. The number of carboxylic acid groups (broad SMARTS) is 1. The van der Waals surface area contributed by atoms with E-state index in [-0.39, 0.29) is 6.42 Å². The lowest BCUT2D eigenvalue weighted by atomic mass is 10.1. The largest absolute Gasteiger partial charge is 0.481 e. The molecule has 0 radical (unpaired) electrons. The van der Waals surface area contributed by atoms with Gasteiger partial charge in [0.15, 0.2) is 0 Å². The van der Waals surface area contributed by atoms with E-state index in [1.807, 2.05) is 30.3 Å². The number of anilines is 1. The molecule has 5 heteroatoms. The van der Waals surface area contributed by atoms with Crippen LogP contribution in [0.15, 0.2) is 47.6 Å². The van der Waals surface area contributed by atoms with Crippen molar-refractivity contribution in [2.75, 3.05) is 5.73 Å². The molecule has 3 N–H and O–H groups in total. The molecule has 0 bridgehead atoms. The number of hydrogen-bond acceptors (Lipinski definition) is 4. The first-order valence-electron chi connectivity index (χ1n) is 5.78. The summed E-state index contributed by atoms with van der Waals surface area (Å²) in [5.74, 6) is -0.122. The molecule has 0 aliphatic rings. The van der Waals surface area contributed by atoms with Crippen molar-refractivity contribution in [1.29, 1.82) is 0 Å². The number of thioether (sulfide) groups is 1. The normalized spacial score (nSPS) is 10.3. The third kappa shape index (κ3) is 3.99. The standard InChI is InChI=1S/C14H14N2O2S/c15-12-5-6-13(16-8-12)19-9-11-4-2-1-3-10(11)7-14(17)18/h1-6,8H,7,9,15H2,(H,17,18). The molecule has 0 amide bonds. The minimum Gasteiger partial charge on any atom is -0.481 e. The van der Waals surface area contributed by atoms with Crippen molar-refractivity contribution in [3.8, 4) is 0 Å². The van der Waals surface area contributed by atoms with E-state index in [0.29, 0.717) is 11.4 Å². The summed E-state index contributed by atoms with van der Waals surface area (Å²) < 4.78 is 0. The second-order valence-electron chi connectivity index (χ2n) is 4.06. The topological polar surface area (TPSA) is 76.2 Å². The lowest BCUT2D eigenvalue weighted by Gasteiger charge is -2.07. The summed E-state index contributed by atoms with van der Waals surface area (Å²) in [7, 11) is 0. The highest BCUT2D eigenvalue weighted by molar-refractivity contribution is 7.98. The van der Waals surface area contributed by atoms with Crippen molar-refractivity contribution < 1.29 is 9.90 Å². The van der Waals surface area contributed by atoms with Gasteiger partial charge in [-0.15, -0.1) is 11.8 Å². The number of nitrogens with two attached hydrogens (primary N) is 1. The van der Waals surface area contributed by atoms with Gasteiger partial charge in [0.05, 0.1) is 23.3 Å². The molecule has 0 unspecified atom stereocenters. The Bertz CT molecular complexity index is 570. The molecule has 0 spiro atoms. The van der Waals surface area contributed by atoms with Crippen molar-refractivity contribution in [1.82, 2.24) is 4.98 Å². The summed E-state index contributed by atoms with van der Waals surface area (Å²) in [6.07, 6.45) is 1.66. The van der Waals surface area contributed by atoms with E-state index >= 15 is 0 Å². The zero-order chi connectivity index (χ0) is 13.7. The lowest BCUT2D eigenvalue weighted by Crippen LogP contribution is -2.02. The van der Waals surface area contributed by atoms with E-state index in [1.54, 1.807) is 24.0 Å². The first kappa shape index (κ1) is 13.4. The van der Waals surface area contributed by atoms with Crippen LogP contribution in [-0.4, -0.2) is 16.1 Å². The van der Waals surface area contributed by atoms with Gasteiger partial charge in [-0.1, -0.05) is 24.3 Å². The van der Waals surface area contributed by atoms with Gasteiger partial charge in [-0.05, 0) is 23.3 Å². The monoisotopic (exact) mass is 274 g/mol. The number of rotatable bonds is 5. The van der Waals surface area contributed by atoms with Crippen LogP contribution in [0.2, 0.25) is 0 Å². The van der Waals surface area contributed by atoms with Crippen LogP contribution >= 0.6 is 11.8 Å². The van der Waals surface area contributed by atoms with Crippen molar-refractivity contribution in [2.45, 2.75) is 17.2 Å². The molecule has 19 heavy (non-hydrogen) atoms. The molecule has 1 aromatic carbocycles. The van der Waals surface area contributed by atoms with Crippen LogP contribution in [-0.2, 0) is 17.0 Å². The van der Waals surface area contributed by atoms with Crippen LogP contribution in [0.4, 0.5) is 5.69 Å². The number of hydrogen-bond donors (Lipinski definition) is 2. The number of carboxylic acids is 1. The predicted molar refractivity (Wildman–Crippen MR) is 76.0 cm³/mol. The molecule has 0 saturated carbocycles. The first-order valence-corrected chi connectivity index (χ1v) is 6.76. The summed E-state index contributed by atoms with van der Waals surface area (Å²) in [6, 6.07) is 11.2. The van der Waals surface area contributed by atoms with Crippen LogP contribution in [0, 0.1) is 0 Å². The molecule has 98 valence electrons. The quantitative estimate of drug-likeness (QED) is 0.819. The average Bonchev–Trinajstić information content (AvgIpc) is 2.39. The van der Waals surface area contributed by atoms with Crippen molar-refractivity contribution in [3.63, 3.8) is 0 Å². The van der Waals surface area contributed by atoms with Crippen LogP contribution in [0.1, 0.15) is 11.1 Å². The summed E-state index contributed by atoms with van der Waals surface area (Å²) in [5.41, 5.74) is 8.08. The lowest BCUT2D eigenvalue weighted by molar-refractivity contribution is -0.136. The van der Waals surface area contributed by atoms with Crippen LogP contribution < -0.4 is 5.73 Å². The van der Waals surface area contributed by atoms with Crippen LogP contribution in [0.3, 0.4) is 0 Å². The maximum absolute atomic E-state index is 10.8. The third-order valence-corrected chi connectivity index (χ3v) is 3.59. The Labute approximate surface area is 115 Å². The molecule has 1 aromatic heterocycles. The maximum atomic E-state index is 10.8. The Morgan fingerprint density at radius 3 is 2.58 bits per heavy atom. The van der Waals surface area contributed by atoms with E-state index in [9.17, 15) is 4.79 Å². The fourth-order valence-electron chi connectivity index (χ4n) is 1.66. The molecule has 0 fully saturated rings. The summed E-state index contributed by atoms with van der Waals surface area (Å²) >= 11 is 1.56. The number of carbonyl (C=O) groups is 1. The minimum absolute atomic E-state index is 0.0475. The molecular weight excluding hydrogens is 260 g/mol. The van der Waals surface area contributed by atoms with Crippen molar-refractivity contribution in [3.05, 3.63) is 53.7 Å². The Morgan fingerprint density at radius 2 is 1.95 bits per heavy atom. The number of aliphatic carboxylic acids is 1. The second-order valence-corrected chi connectivity index (χ2v) is 5.05. The Hall–Kier alpha value is -2.01. The molecule has 2 rings (SSSR count). The van der Waals surface area contributed by atoms with Crippen molar-refractivity contribution >= 4 is 23.4 Å². The Kier molecular flexibility index (Phi) is 4.41. The molecule has 1 heterocycles. The molecule has 0 aliphatic carbocycles. The van der Waals surface area contributed by atoms with Gasteiger partial charge in [-0.25, -0.2) is 4.98 Å². The van der Waals surface area contributed by atoms with Gasteiger partial charge in [0.25, 0.3) is 0 Å². The van der Waals surface area contributed by atoms with E-state index < -0.39 is 5.97 Å². The zero-order valence-corrected chi connectivity index (χ0v) is 11.1. The van der Waals surface area contributed by atoms with Gasteiger partial charge in [-0.3, -0.25) is 4.79 Å². The number of nitrogen functional groups attached to an aromatic ring is 1. The Balaban J connectivity index is 2.06. The molecule has 0 aliphatic heterocycles. The van der Waals surface area contributed by atoms with Gasteiger partial charge >= 0.3 is 5.97 Å². The van der Waals surface area contributed by atoms with Gasteiger partial charge in [0.2, 0.25) is 0 Å². The highest BCUT2D eigenvalue weighted by Crippen LogP contribution is 2.23. The predicted octanol–water partition coefficient (Wildman–Crippen LogP) is 2.58. The fraction of sp³-hybridized carbons (Fsp3) is 0.143. The van der Waals surface area contributed by atoms with Crippen LogP contribution in [0.25, 0.3) is 0 Å². The fourth-order valence-corrected chi connectivity index (χ4v) is 2.54. The van der Waals surface area contributed by atoms with E-state index in [2.05, 4.69) is 4.98 Å². The van der Waals surface area contributed by atoms with Gasteiger partial charge in [-0.2, -0.15) is 0 Å². The maximum Gasteiger partial charge on any atom is 0.307 e. The molecule has 0 saturated heterocycles. The van der Waals surface area contributed by atoms with Gasteiger partial charge < -0.3 is 10.8 Å². The van der Waals surface area contributed by atoms with E-state index in [0.717, 1.165) is 16.2 Å². The highest BCUT2D eigenvalue weighted by Gasteiger charge is 2.07. The number of benzene rings is 1. The van der Waals surface area contributed by atoms with E-state index in [4.69, 9.17) is 10.8 Å². The van der Waals surface area contributed by atoms with Crippen molar-refractivity contribution in [2.24, 2.45) is 0 Å². The first-order chi connectivity index (χ1) is 9.15. The third-order valence-electron chi connectivity index (χ3n) is 2.59. The average molecular weight is 274 g/mol. The number of pyridine rings is 1. The number of nitrogens with zero attached hydrogens (tertiary/aromatic N) is 1. The second kappa shape index (κ2) is 6.24.